The molecule has 0 saturated carbocycles. The van der Waals surface area contributed by atoms with Crippen LogP contribution >= 0.6 is 0 Å². The topological polar surface area (TPSA) is 38.0 Å². The van der Waals surface area contributed by atoms with E-state index in [1.54, 1.807) is 6.20 Å². The van der Waals surface area contributed by atoms with Crippen molar-refractivity contribution < 1.29 is 0 Å². The minimum Gasteiger partial charge on any atom is -0.376 e. The van der Waals surface area contributed by atoms with Gasteiger partial charge in [0.15, 0.2) is 0 Å². The van der Waals surface area contributed by atoms with Gasteiger partial charge in [-0.25, -0.2) is 0 Å². The van der Waals surface area contributed by atoms with Gasteiger partial charge in [-0.2, -0.15) is 0 Å². The van der Waals surface area contributed by atoms with Crippen LogP contribution in [0.2, 0.25) is 0 Å². The SMILES string of the molecule is C=CN[C@H](N)CCCC. The minimum atomic E-state index is 0.0995. The fraction of sp³-hybridized carbons (Fsp3) is 0.714. The zero-order valence-electron chi connectivity index (χ0n) is 6.06. The Kier molecular flexibility index (Phi) is 5.32. The van der Waals surface area contributed by atoms with Crippen molar-refractivity contribution in [3.63, 3.8) is 0 Å². The molecule has 0 heterocycles. The maximum Gasteiger partial charge on any atom is 0.0737 e. The average Bonchev–Trinajstić information content (AvgIpc) is 1.85. The van der Waals surface area contributed by atoms with Crippen LogP contribution in [0.5, 0.6) is 0 Å². The smallest absolute Gasteiger partial charge is 0.0737 e. The number of hydrogen-bond acceptors (Lipinski definition) is 2. The summed E-state index contributed by atoms with van der Waals surface area (Å²) in [6.07, 6.45) is 5.15. The van der Waals surface area contributed by atoms with E-state index < -0.39 is 0 Å². The lowest BCUT2D eigenvalue weighted by molar-refractivity contribution is 0.535. The molecule has 3 N–H and O–H groups in total. The maximum absolute atomic E-state index is 5.59. The summed E-state index contributed by atoms with van der Waals surface area (Å²) in [6, 6.07) is 0. The van der Waals surface area contributed by atoms with Crippen molar-refractivity contribution in [2.75, 3.05) is 0 Å². The summed E-state index contributed by atoms with van der Waals surface area (Å²) < 4.78 is 0. The molecule has 0 aliphatic carbocycles. The van der Waals surface area contributed by atoms with Crippen molar-refractivity contribution in [3.05, 3.63) is 12.8 Å². The third-order valence-electron chi connectivity index (χ3n) is 1.20. The fourth-order valence-corrected chi connectivity index (χ4v) is 0.659. The van der Waals surface area contributed by atoms with E-state index >= 15 is 0 Å². The van der Waals surface area contributed by atoms with E-state index in [0.29, 0.717) is 0 Å². The molecular weight excluding hydrogens is 112 g/mol. The van der Waals surface area contributed by atoms with Crippen LogP contribution in [0.25, 0.3) is 0 Å². The van der Waals surface area contributed by atoms with Gasteiger partial charge in [-0.05, 0) is 12.6 Å². The molecule has 0 aromatic heterocycles. The lowest BCUT2D eigenvalue weighted by Crippen LogP contribution is -2.33. The molecule has 0 bridgehead atoms. The first kappa shape index (κ1) is 8.50. The molecule has 0 fully saturated rings. The van der Waals surface area contributed by atoms with E-state index in [9.17, 15) is 0 Å². The summed E-state index contributed by atoms with van der Waals surface area (Å²) in [7, 11) is 0. The highest BCUT2D eigenvalue weighted by Crippen LogP contribution is 1.94. The second-order valence-electron chi connectivity index (χ2n) is 2.12. The van der Waals surface area contributed by atoms with Crippen LogP contribution in [0.4, 0.5) is 0 Å². The predicted molar refractivity (Wildman–Crippen MR) is 40.8 cm³/mol. The monoisotopic (exact) mass is 128 g/mol. The summed E-state index contributed by atoms with van der Waals surface area (Å²) in [4.78, 5) is 0. The van der Waals surface area contributed by atoms with Gasteiger partial charge in [0.2, 0.25) is 0 Å². The van der Waals surface area contributed by atoms with E-state index in [4.69, 9.17) is 5.73 Å². The summed E-state index contributed by atoms with van der Waals surface area (Å²) >= 11 is 0. The maximum atomic E-state index is 5.59. The van der Waals surface area contributed by atoms with E-state index in [1.165, 1.54) is 12.8 Å². The highest BCUT2D eigenvalue weighted by Gasteiger charge is 1.94. The first-order valence-electron chi connectivity index (χ1n) is 3.43. The zero-order chi connectivity index (χ0) is 7.11. The summed E-state index contributed by atoms with van der Waals surface area (Å²) in [6.45, 7) is 5.67. The molecule has 0 aromatic carbocycles. The van der Waals surface area contributed by atoms with Crippen molar-refractivity contribution >= 4 is 0 Å². The van der Waals surface area contributed by atoms with E-state index in [1.807, 2.05) is 0 Å². The average molecular weight is 128 g/mol. The number of rotatable bonds is 5. The zero-order valence-corrected chi connectivity index (χ0v) is 6.06. The Hall–Kier alpha value is -0.500. The minimum absolute atomic E-state index is 0.0995. The molecule has 2 nitrogen and oxygen atoms in total. The molecule has 2 heteroatoms. The molecule has 1 atom stereocenters. The van der Waals surface area contributed by atoms with Gasteiger partial charge < -0.3 is 11.1 Å². The van der Waals surface area contributed by atoms with Crippen molar-refractivity contribution in [1.29, 1.82) is 0 Å². The van der Waals surface area contributed by atoms with Gasteiger partial charge in [-0.1, -0.05) is 26.3 Å². The quantitative estimate of drug-likeness (QED) is 0.546. The second kappa shape index (κ2) is 5.63. The first-order chi connectivity index (χ1) is 4.31. The molecule has 0 aromatic rings. The van der Waals surface area contributed by atoms with Crippen molar-refractivity contribution in [2.24, 2.45) is 5.73 Å². The van der Waals surface area contributed by atoms with Crippen molar-refractivity contribution in [2.45, 2.75) is 32.4 Å². The van der Waals surface area contributed by atoms with Crippen LogP contribution in [0, 0.1) is 0 Å². The molecule has 0 unspecified atom stereocenters. The Morgan fingerprint density at radius 3 is 2.89 bits per heavy atom. The van der Waals surface area contributed by atoms with Crippen LogP contribution < -0.4 is 11.1 Å². The number of hydrogen-bond donors (Lipinski definition) is 2. The van der Waals surface area contributed by atoms with Gasteiger partial charge in [0.05, 0.1) is 6.17 Å². The Morgan fingerprint density at radius 2 is 2.44 bits per heavy atom. The summed E-state index contributed by atoms with van der Waals surface area (Å²) in [5, 5.41) is 2.92. The molecule has 0 rings (SSSR count). The Morgan fingerprint density at radius 1 is 1.78 bits per heavy atom. The van der Waals surface area contributed by atoms with Gasteiger partial charge in [0, 0.05) is 0 Å². The highest BCUT2D eigenvalue weighted by atomic mass is 15.0. The van der Waals surface area contributed by atoms with Gasteiger partial charge >= 0.3 is 0 Å². The molecule has 0 aliphatic heterocycles. The number of nitrogens with one attached hydrogen (secondary N) is 1. The van der Waals surface area contributed by atoms with Gasteiger partial charge in [-0.15, -0.1) is 0 Å². The van der Waals surface area contributed by atoms with Gasteiger partial charge in [0.1, 0.15) is 0 Å². The van der Waals surface area contributed by atoms with Crippen molar-refractivity contribution in [3.8, 4) is 0 Å². The Bertz CT molecular complexity index is 71.3. The lowest BCUT2D eigenvalue weighted by atomic mass is 10.2. The third kappa shape index (κ3) is 5.37. The van der Waals surface area contributed by atoms with Crippen LogP contribution in [0.3, 0.4) is 0 Å². The van der Waals surface area contributed by atoms with E-state index in [2.05, 4.69) is 18.8 Å². The number of unbranched alkanes of at least 4 members (excludes halogenated alkanes) is 1. The first-order valence-corrected chi connectivity index (χ1v) is 3.43. The molecular formula is C7H16N2. The molecule has 54 valence electrons. The highest BCUT2D eigenvalue weighted by molar-refractivity contribution is 4.68. The molecule has 0 saturated heterocycles. The standard InChI is InChI=1S/C7H16N2/c1-3-5-6-7(8)9-4-2/h4,7,9H,2-3,5-6,8H2,1H3/t7-/m0/s1. The van der Waals surface area contributed by atoms with Crippen LogP contribution in [0.1, 0.15) is 26.2 Å². The molecule has 9 heavy (non-hydrogen) atoms. The van der Waals surface area contributed by atoms with Crippen LogP contribution in [-0.4, -0.2) is 6.17 Å². The Balaban J connectivity index is 3.04. The third-order valence-corrected chi connectivity index (χ3v) is 1.20. The van der Waals surface area contributed by atoms with Gasteiger partial charge in [0.25, 0.3) is 0 Å². The van der Waals surface area contributed by atoms with Crippen LogP contribution in [-0.2, 0) is 0 Å². The fourth-order valence-electron chi connectivity index (χ4n) is 0.659. The number of nitrogens with two attached hydrogens (primary N) is 1. The summed E-state index contributed by atoms with van der Waals surface area (Å²) in [5.74, 6) is 0. The normalized spacial score (nSPS) is 12.7. The van der Waals surface area contributed by atoms with Crippen LogP contribution in [0.15, 0.2) is 12.8 Å². The molecule has 0 spiro atoms. The molecule has 0 aliphatic rings. The van der Waals surface area contributed by atoms with E-state index in [0.717, 1.165) is 6.42 Å². The largest absolute Gasteiger partial charge is 0.376 e. The molecule has 0 radical (unpaired) electrons. The lowest BCUT2D eigenvalue weighted by Gasteiger charge is -2.09. The van der Waals surface area contributed by atoms with Gasteiger partial charge in [-0.3, -0.25) is 0 Å². The second-order valence-corrected chi connectivity index (χ2v) is 2.12. The van der Waals surface area contributed by atoms with Crippen molar-refractivity contribution in [1.82, 2.24) is 5.32 Å². The predicted octanol–water partition coefficient (Wildman–Crippen LogP) is 1.19. The molecule has 0 amide bonds. The Labute approximate surface area is 57.1 Å². The summed E-state index contributed by atoms with van der Waals surface area (Å²) in [5.41, 5.74) is 5.59. The van der Waals surface area contributed by atoms with E-state index in [-0.39, 0.29) is 6.17 Å².